The second-order valence-electron chi connectivity index (χ2n) is 4.95. The molecule has 0 radical (unpaired) electrons. The van der Waals surface area contributed by atoms with Crippen LogP contribution in [0.5, 0.6) is 0 Å². The van der Waals surface area contributed by atoms with Gasteiger partial charge in [-0.3, -0.25) is 14.4 Å². The third-order valence-corrected chi connectivity index (χ3v) is 3.39. The molecule has 112 valence electrons. The fraction of sp³-hybridized carbons (Fsp3) is 0.400. The van der Waals surface area contributed by atoms with Crippen LogP contribution in [0.1, 0.15) is 23.7 Å². The predicted molar refractivity (Wildman–Crippen MR) is 74.2 cm³/mol. The number of ketones is 1. The van der Waals surface area contributed by atoms with Crippen LogP contribution in [0.15, 0.2) is 24.3 Å². The Hall–Kier alpha value is -2.24. The number of piperazine rings is 1. The summed E-state index contributed by atoms with van der Waals surface area (Å²) in [4.78, 5) is 38.6. The molecule has 0 bridgehead atoms. The second-order valence-corrected chi connectivity index (χ2v) is 4.95. The molecule has 1 fully saturated rings. The Labute approximate surface area is 122 Å². The number of nitrogens with zero attached hydrogens (tertiary/aromatic N) is 2. The molecule has 0 N–H and O–H groups in total. The molecule has 1 aliphatic heterocycles. The maximum absolute atomic E-state index is 12.8. The van der Waals surface area contributed by atoms with Crippen molar-refractivity contribution in [2.75, 3.05) is 26.2 Å². The van der Waals surface area contributed by atoms with Gasteiger partial charge >= 0.3 is 11.8 Å². The van der Waals surface area contributed by atoms with E-state index in [0.717, 1.165) is 6.42 Å². The van der Waals surface area contributed by atoms with E-state index in [9.17, 15) is 18.8 Å². The van der Waals surface area contributed by atoms with E-state index >= 15 is 0 Å². The zero-order valence-corrected chi connectivity index (χ0v) is 11.8. The van der Waals surface area contributed by atoms with Crippen LogP contribution in [-0.4, -0.2) is 53.6 Å². The molecule has 0 saturated carbocycles. The zero-order chi connectivity index (χ0) is 15.4. The lowest BCUT2D eigenvalue weighted by Crippen LogP contribution is -2.55. The predicted octanol–water partition coefficient (Wildman–Crippen LogP) is 1.09. The van der Waals surface area contributed by atoms with E-state index in [0.29, 0.717) is 25.2 Å². The van der Waals surface area contributed by atoms with Gasteiger partial charge in [0.1, 0.15) is 5.82 Å². The lowest BCUT2D eigenvalue weighted by molar-refractivity contribution is -0.155. The van der Waals surface area contributed by atoms with Gasteiger partial charge in [0.25, 0.3) is 0 Å². The minimum atomic E-state index is -0.648. The van der Waals surface area contributed by atoms with Crippen molar-refractivity contribution in [1.29, 1.82) is 0 Å². The maximum Gasteiger partial charge on any atom is 0.312 e. The highest BCUT2D eigenvalue weighted by molar-refractivity contribution is 6.35. The summed E-state index contributed by atoms with van der Waals surface area (Å²) in [6, 6.07) is 5.13. The van der Waals surface area contributed by atoms with Crippen LogP contribution in [0.2, 0.25) is 0 Å². The lowest BCUT2D eigenvalue weighted by Gasteiger charge is -2.33. The van der Waals surface area contributed by atoms with Gasteiger partial charge in [0.05, 0.1) is 6.54 Å². The van der Waals surface area contributed by atoms with E-state index in [1.807, 2.05) is 6.92 Å². The molecule has 2 amide bonds. The Morgan fingerprint density at radius 1 is 1.10 bits per heavy atom. The molecule has 0 unspecified atom stereocenters. The van der Waals surface area contributed by atoms with Crippen molar-refractivity contribution in [2.45, 2.75) is 13.3 Å². The van der Waals surface area contributed by atoms with Crippen LogP contribution in [0.4, 0.5) is 4.39 Å². The van der Waals surface area contributed by atoms with Crippen molar-refractivity contribution in [3.63, 3.8) is 0 Å². The summed E-state index contributed by atoms with van der Waals surface area (Å²) in [6.45, 7) is 3.11. The van der Waals surface area contributed by atoms with Crippen molar-refractivity contribution in [3.8, 4) is 0 Å². The second kappa shape index (κ2) is 6.47. The number of amides is 2. The van der Waals surface area contributed by atoms with Crippen molar-refractivity contribution in [2.24, 2.45) is 0 Å². The van der Waals surface area contributed by atoms with Crippen LogP contribution in [-0.2, 0) is 9.59 Å². The Bertz CT molecular complexity index is 557. The SMILES string of the molecule is CCCN1CCN(CC(=O)c2ccc(F)cc2)C(=O)C1=O. The third-order valence-electron chi connectivity index (χ3n) is 3.39. The van der Waals surface area contributed by atoms with Gasteiger partial charge in [-0.25, -0.2) is 4.39 Å². The van der Waals surface area contributed by atoms with Crippen LogP contribution >= 0.6 is 0 Å². The number of halogens is 1. The fourth-order valence-electron chi connectivity index (χ4n) is 2.25. The average Bonchev–Trinajstić information content (AvgIpc) is 2.47. The molecular formula is C15H17FN2O3. The molecule has 0 atom stereocenters. The minimum absolute atomic E-state index is 0.157. The highest BCUT2D eigenvalue weighted by Gasteiger charge is 2.32. The third kappa shape index (κ3) is 3.45. The summed E-state index contributed by atoms with van der Waals surface area (Å²) >= 11 is 0. The molecule has 1 aromatic rings. The van der Waals surface area contributed by atoms with Crippen molar-refractivity contribution in [1.82, 2.24) is 9.80 Å². The van der Waals surface area contributed by atoms with Crippen molar-refractivity contribution < 1.29 is 18.8 Å². The van der Waals surface area contributed by atoms with Gasteiger partial charge in [0, 0.05) is 25.2 Å². The topological polar surface area (TPSA) is 57.7 Å². The lowest BCUT2D eigenvalue weighted by atomic mass is 10.1. The molecule has 0 aliphatic carbocycles. The van der Waals surface area contributed by atoms with Gasteiger partial charge in [0.15, 0.2) is 5.78 Å². The summed E-state index contributed by atoms with van der Waals surface area (Å²) in [5.41, 5.74) is 0.327. The van der Waals surface area contributed by atoms with Crippen LogP contribution in [0.25, 0.3) is 0 Å². The van der Waals surface area contributed by atoms with Crippen LogP contribution in [0, 0.1) is 5.82 Å². The first-order chi connectivity index (χ1) is 10.0. The standard InChI is InChI=1S/C15H17FN2O3/c1-2-7-17-8-9-18(15(21)14(17)20)10-13(19)11-3-5-12(16)6-4-11/h3-6H,2,7-10H2,1H3. The smallest absolute Gasteiger partial charge is 0.312 e. The quantitative estimate of drug-likeness (QED) is 0.603. The number of hydrogen-bond donors (Lipinski definition) is 0. The van der Waals surface area contributed by atoms with Crippen molar-refractivity contribution >= 4 is 17.6 Å². The van der Waals surface area contributed by atoms with E-state index < -0.39 is 17.6 Å². The van der Waals surface area contributed by atoms with E-state index in [1.54, 1.807) is 0 Å². The number of Topliss-reactive ketones (excluding diaryl/α,β-unsaturated/α-hetero) is 1. The van der Waals surface area contributed by atoms with Crippen molar-refractivity contribution in [3.05, 3.63) is 35.6 Å². The van der Waals surface area contributed by atoms with E-state index in [2.05, 4.69) is 0 Å². The van der Waals surface area contributed by atoms with Gasteiger partial charge in [0.2, 0.25) is 0 Å². The summed E-state index contributed by atoms with van der Waals surface area (Å²) in [6.07, 6.45) is 0.785. The number of hydrogen-bond acceptors (Lipinski definition) is 3. The van der Waals surface area contributed by atoms with E-state index in [-0.39, 0.29) is 12.3 Å². The molecule has 1 aromatic carbocycles. The number of benzene rings is 1. The molecule has 1 aliphatic rings. The molecular weight excluding hydrogens is 275 g/mol. The molecule has 2 rings (SSSR count). The molecule has 1 saturated heterocycles. The van der Waals surface area contributed by atoms with Gasteiger partial charge in [-0.05, 0) is 30.7 Å². The fourth-order valence-corrected chi connectivity index (χ4v) is 2.25. The first-order valence-electron chi connectivity index (χ1n) is 6.90. The highest BCUT2D eigenvalue weighted by Crippen LogP contribution is 2.09. The first-order valence-corrected chi connectivity index (χ1v) is 6.90. The first kappa shape index (κ1) is 15.2. The Morgan fingerprint density at radius 3 is 2.29 bits per heavy atom. The number of rotatable bonds is 5. The zero-order valence-electron chi connectivity index (χ0n) is 11.8. The summed E-state index contributed by atoms with van der Waals surface area (Å²) < 4.78 is 12.8. The van der Waals surface area contributed by atoms with Crippen LogP contribution in [0.3, 0.4) is 0 Å². The maximum atomic E-state index is 12.8. The van der Waals surface area contributed by atoms with Gasteiger partial charge < -0.3 is 9.80 Å². The largest absolute Gasteiger partial charge is 0.333 e. The minimum Gasteiger partial charge on any atom is -0.333 e. The average molecular weight is 292 g/mol. The Balaban J connectivity index is 2.00. The molecule has 0 aromatic heterocycles. The van der Waals surface area contributed by atoms with Gasteiger partial charge in [-0.2, -0.15) is 0 Å². The summed E-state index contributed by atoms with van der Waals surface area (Å²) in [7, 11) is 0. The molecule has 6 heteroatoms. The molecule has 5 nitrogen and oxygen atoms in total. The molecule has 0 spiro atoms. The highest BCUT2D eigenvalue weighted by atomic mass is 19.1. The normalized spacial score (nSPS) is 15.5. The Kier molecular flexibility index (Phi) is 4.67. The monoisotopic (exact) mass is 292 g/mol. The molecule has 1 heterocycles. The van der Waals surface area contributed by atoms with Crippen LogP contribution < -0.4 is 0 Å². The van der Waals surface area contributed by atoms with Gasteiger partial charge in [-0.15, -0.1) is 0 Å². The van der Waals surface area contributed by atoms with E-state index in [1.165, 1.54) is 34.1 Å². The summed E-state index contributed by atoms with van der Waals surface area (Å²) in [5.74, 6) is -1.94. The summed E-state index contributed by atoms with van der Waals surface area (Å²) in [5, 5.41) is 0. The molecule has 21 heavy (non-hydrogen) atoms. The number of carbonyl (C=O) groups excluding carboxylic acids is 3. The number of carbonyl (C=O) groups is 3. The Morgan fingerprint density at radius 2 is 1.67 bits per heavy atom. The van der Waals surface area contributed by atoms with E-state index in [4.69, 9.17) is 0 Å². The van der Waals surface area contributed by atoms with Gasteiger partial charge in [-0.1, -0.05) is 6.92 Å².